The zero-order chi connectivity index (χ0) is 22.5. The summed E-state index contributed by atoms with van der Waals surface area (Å²) in [5.41, 5.74) is 4.16. The predicted molar refractivity (Wildman–Crippen MR) is 128 cm³/mol. The molecule has 0 fully saturated rings. The lowest BCUT2D eigenvalue weighted by Crippen LogP contribution is -2.36. The lowest BCUT2D eigenvalue weighted by molar-refractivity contribution is -0.00834. The van der Waals surface area contributed by atoms with Gasteiger partial charge in [-0.2, -0.15) is 0 Å². The number of rotatable bonds is 10. The summed E-state index contributed by atoms with van der Waals surface area (Å²) in [7, 11) is 0. The number of benzene rings is 1. The molecule has 0 radical (unpaired) electrons. The first-order valence-electron chi connectivity index (χ1n) is 10.5. The highest BCUT2D eigenvalue weighted by Gasteiger charge is 2.17. The molecule has 1 unspecified atom stereocenters. The highest BCUT2D eigenvalue weighted by atomic mass is 32.1. The maximum atomic E-state index is 13.0. The number of aromatic nitrogens is 2. The van der Waals surface area contributed by atoms with E-state index in [0.29, 0.717) is 30.8 Å². The van der Waals surface area contributed by atoms with Gasteiger partial charge < -0.3 is 14.8 Å². The van der Waals surface area contributed by atoms with Crippen molar-refractivity contribution in [3.8, 4) is 11.1 Å². The van der Waals surface area contributed by atoms with Crippen LogP contribution >= 0.6 is 11.3 Å². The molecular weight excluding hydrogens is 410 g/mol. The van der Waals surface area contributed by atoms with Gasteiger partial charge in [-0.15, -0.1) is 17.9 Å². The number of fused-ring (bicyclic) bond motifs is 1. The van der Waals surface area contributed by atoms with Crippen LogP contribution in [0.25, 0.3) is 21.3 Å². The van der Waals surface area contributed by atoms with Crippen molar-refractivity contribution in [1.82, 2.24) is 14.9 Å². The van der Waals surface area contributed by atoms with Gasteiger partial charge in [0.25, 0.3) is 5.56 Å². The highest BCUT2D eigenvalue weighted by Crippen LogP contribution is 2.33. The van der Waals surface area contributed by atoms with Gasteiger partial charge >= 0.3 is 0 Å². The van der Waals surface area contributed by atoms with Crippen molar-refractivity contribution in [3.05, 3.63) is 63.5 Å². The van der Waals surface area contributed by atoms with Crippen molar-refractivity contribution >= 4 is 21.6 Å². The first-order valence-corrected chi connectivity index (χ1v) is 11.4. The minimum absolute atomic E-state index is 0.0631. The molecule has 31 heavy (non-hydrogen) atoms. The number of aliphatic hydroxyl groups excluding tert-OH is 1. The third kappa shape index (κ3) is 5.89. The van der Waals surface area contributed by atoms with Gasteiger partial charge in [0, 0.05) is 24.0 Å². The van der Waals surface area contributed by atoms with E-state index in [4.69, 9.17) is 9.72 Å². The van der Waals surface area contributed by atoms with Gasteiger partial charge in [0.15, 0.2) is 0 Å². The Morgan fingerprint density at radius 3 is 2.77 bits per heavy atom. The van der Waals surface area contributed by atoms with E-state index in [1.54, 1.807) is 6.08 Å². The first kappa shape index (κ1) is 23.3. The molecule has 0 amide bonds. The predicted octanol–water partition coefficient (Wildman–Crippen LogP) is 4.04. The van der Waals surface area contributed by atoms with Crippen molar-refractivity contribution in [3.63, 3.8) is 0 Å². The lowest BCUT2D eigenvalue weighted by atomic mass is 9.99. The van der Waals surface area contributed by atoms with Crippen LogP contribution in [0.4, 0.5) is 0 Å². The van der Waals surface area contributed by atoms with E-state index in [-0.39, 0.29) is 18.3 Å². The van der Waals surface area contributed by atoms with Crippen molar-refractivity contribution in [1.29, 1.82) is 0 Å². The number of hydrogen-bond donors (Lipinski definition) is 2. The van der Waals surface area contributed by atoms with Crippen LogP contribution in [-0.2, 0) is 11.3 Å². The average molecular weight is 442 g/mol. The fourth-order valence-electron chi connectivity index (χ4n) is 3.63. The van der Waals surface area contributed by atoms with Gasteiger partial charge in [-0.05, 0) is 38.8 Å². The van der Waals surface area contributed by atoms with Gasteiger partial charge in [0.05, 0.1) is 30.7 Å². The van der Waals surface area contributed by atoms with Crippen LogP contribution in [0.2, 0.25) is 0 Å². The maximum Gasteiger partial charge on any atom is 0.260 e. The van der Waals surface area contributed by atoms with Crippen LogP contribution in [0.3, 0.4) is 0 Å². The zero-order valence-corrected chi connectivity index (χ0v) is 19.5. The number of aliphatic hydroxyl groups is 1. The van der Waals surface area contributed by atoms with E-state index in [1.165, 1.54) is 16.9 Å². The maximum absolute atomic E-state index is 13.0. The molecule has 7 heteroatoms. The van der Waals surface area contributed by atoms with E-state index in [1.807, 2.05) is 24.1 Å². The molecule has 0 saturated carbocycles. The molecule has 0 spiro atoms. The molecule has 6 nitrogen and oxygen atoms in total. The monoisotopic (exact) mass is 441 g/mol. The number of nitrogens with one attached hydrogen (secondary N) is 1. The molecule has 1 atom stereocenters. The van der Waals surface area contributed by atoms with E-state index < -0.39 is 6.10 Å². The number of ether oxygens (including phenoxy) is 1. The van der Waals surface area contributed by atoms with Crippen LogP contribution < -0.4 is 5.56 Å². The Balaban J connectivity index is 1.84. The molecule has 1 aromatic carbocycles. The van der Waals surface area contributed by atoms with Crippen molar-refractivity contribution < 1.29 is 9.84 Å². The normalized spacial score (nSPS) is 12.7. The molecule has 0 bridgehead atoms. The summed E-state index contributed by atoms with van der Waals surface area (Å²) in [6.07, 6.45) is 1.21. The second-order valence-electron chi connectivity index (χ2n) is 8.18. The zero-order valence-electron chi connectivity index (χ0n) is 18.6. The minimum atomic E-state index is -0.629. The first-order chi connectivity index (χ1) is 14.8. The fourth-order valence-corrected chi connectivity index (χ4v) is 4.59. The largest absolute Gasteiger partial charge is 0.389 e. The Morgan fingerprint density at radius 1 is 1.32 bits per heavy atom. The SMILES string of the molecule is C=CCN(Cc1nc2scc(-c3ccc(C)cc3C)c2c(=O)[nH]1)CC(O)COC(C)C. The molecule has 3 aromatic rings. The highest BCUT2D eigenvalue weighted by molar-refractivity contribution is 7.17. The van der Waals surface area contributed by atoms with E-state index in [9.17, 15) is 9.90 Å². The summed E-state index contributed by atoms with van der Waals surface area (Å²) < 4.78 is 5.50. The summed E-state index contributed by atoms with van der Waals surface area (Å²) in [6.45, 7) is 13.4. The standard InChI is InChI=1S/C24H31N3O3S/c1-6-9-27(11-18(28)13-30-15(2)3)12-21-25-23(29)22-20(14-31-24(22)26-21)19-8-7-16(4)10-17(19)5/h6-8,10,14-15,18,28H,1,9,11-13H2,2-5H3,(H,25,26,29). The number of thiophene rings is 1. The summed E-state index contributed by atoms with van der Waals surface area (Å²) in [5, 5.41) is 12.9. The van der Waals surface area contributed by atoms with Gasteiger partial charge in [0.2, 0.25) is 0 Å². The average Bonchev–Trinajstić information content (AvgIpc) is 3.11. The van der Waals surface area contributed by atoms with E-state index in [0.717, 1.165) is 21.5 Å². The van der Waals surface area contributed by atoms with Gasteiger partial charge in [-0.25, -0.2) is 4.98 Å². The lowest BCUT2D eigenvalue weighted by Gasteiger charge is -2.23. The molecule has 0 aliphatic heterocycles. The molecule has 2 heterocycles. The number of H-pyrrole nitrogens is 1. The van der Waals surface area contributed by atoms with E-state index >= 15 is 0 Å². The molecule has 166 valence electrons. The topological polar surface area (TPSA) is 78.5 Å². The molecule has 3 rings (SSSR count). The van der Waals surface area contributed by atoms with Crippen LogP contribution in [-0.4, -0.2) is 51.9 Å². The fraction of sp³-hybridized carbons (Fsp3) is 0.417. The molecule has 2 N–H and O–H groups in total. The van der Waals surface area contributed by atoms with Crippen molar-refractivity contribution in [2.24, 2.45) is 0 Å². The molecule has 0 saturated heterocycles. The second kappa shape index (κ2) is 10.3. The minimum Gasteiger partial charge on any atom is -0.389 e. The van der Waals surface area contributed by atoms with Crippen LogP contribution in [0, 0.1) is 13.8 Å². The van der Waals surface area contributed by atoms with Crippen LogP contribution in [0.5, 0.6) is 0 Å². The Hall–Kier alpha value is -2.32. The summed E-state index contributed by atoms with van der Waals surface area (Å²) >= 11 is 1.48. The number of aryl methyl sites for hydroxylation is 2. The van der Waals surface area contributed by atoms with Crippen LogP contribution in [0.1, 0.15) is 30.8 Å². The summed E-state index contributed by atoms with van der Waals surface area (Å²) in [5.74, 6) is 0.574. The molecule has 2 aromatic heterocycles. The molecule has 0 aliphatic carbocycles. The van der Waals surface area contributed by atoms with Gasteiger partial charge in [-0.3, -0.25) is 9.69 Å². The Labute approximate surface area is 187 Å². The van der Waals surface area contributed by atoms with E-state index in [2.05, 4.69) is 43.6 Å². The number of hydrogen-bond acceptors (Lipinski definition) is 6. The third-order valence-corrected chi connectivity index (χ3v) is 5.89. The van der Waals surface area contributed by atoms with Gasteiger partial charge in [0.1, 0.15) is 10.7 Å². The Kier molecular flexibility index (Phi) is 7.78. The van der Waals surface area contributed by atoms with Crippen LogP contribution in [0.15, 0.2) is 41.0 Å². The second-order valence-corrected chi connectivity index (χ2v) is 9.04. The number of nitrogens with zero attached hydrogens (tertiary/aromatic N) is 2. The Bertz CT molecular complexity index is 1100. The summed E-state index contributed by atoms with van der Waals surface area (Å²) in [6, 6.07) is 6.24. The number of aromatic amines is 1. The molecule has 0 aliphatic rings. The third-order valence-electron chi connectivity index (χ3n) is 5.02. The van der Waals surface area contributed by atoms with Crippen molar-refractivity contribution in [2.75, 3.05) is 19.7 Å². The summed E-state index contributed by atoms with van der Waals surface area (Å²) in [4.78, 5) is 23.3. The quantitative estimate of drug-likeness (QED) is 0.464. The van der Waals surface area contributed by atoms with Crippen molar-refractivity contribution in [2.45, 2.75) is 46.4 Å². The smallest absolute Gasteiger partial charge is 0.260 e. The molecular formula is C24H31N3O3S. The Morgan fingerprint density at radius 2 is 2.10 bits per heavy atom. The van der Waals surface area contributed by atoms with Gasteiger partial charge in [-0.1, -0.05) is 29.8 Å².